The first-order valence-corrected chi connectivity index (χ1v) is 14.6. The van der Waals surface area contributed by atoms with E-state index in [1.807, 2.05) is 72.8 Å². The van der Waals surface area contributed by atoms with E-state index in [0.29, 0.717) is 0 Å². The molecule has 41 heavy (non-hydrogen) atoms. The molecule has 218 valence electrons. The maximum Gasteiger partial charge on any atom is 0.272 e. The zero-order valence-electron chi connectivity index (χ0n) is 23.1. The van der Waals surface area contributed by atoms with Crippen molar-refractivity contribution in [2.45, 2.75) is 42.4 Å². The van der Waals surface area contributed by atoms with Gasteiger partial charge in [0.2, 0.25) is 0 Å². The van der Waals surface area contributed by atoms with Crippen molar-refractivity contribution in [3.8, 4) is 11.1 Å². The number of nitrogens with one attached hydrogen (secondary N) is 1. The zero-order valence-corrected chi connectivity index (χ0v) is 25.4. The number of likely N-dealkylation sites (N-methyl/N-ethyl adjacent to an activating group) is 1. The molecule has 3 aromatic carbocycles. The van der Waals surface area contributed by atoms with Gasteiger partial charge in [0.05, 0.1) is 18.8 Å². The molecule has 1 aliphatic heterocycles. The van der Waals surface area contributed by atoms with Gasteiger partial charge in [-0.1, -0.05) is 108 Å². The average Bonchev–Trinajstić information content (AvgIpc) is 2.97. The lowest BCUT2D eigenvalue weighted by Crippen LogP contribution is -2.43. The summed E-state index contributed by atoms with van der Waals surface area (Å²) in [7, 11) is 2.05. The number of ether oxygens (including phenoxy) is 2. The van der Waals surface area contributed by atoms with E-state index in [4.69, 9.17) is 44.3 Å². The number of aliphatic hydroxyl groups is 1. The minimum absolute atomic E-state index is 0.00463. The van der Waals surface area contributed by atoms with Crippen molar-refractivity contribution in [3.63, 3.8) is 0 Å². The van der Waals surface area contributed by atoms with Gasteiger partial charge in [0.25, 0.3) is 9.70 Å². The Balaban J connectivity index is 1.59. The third kappa shape index (κ3) is 8.33. The van der Waals surface area contributed by atoms with E-state index < -0.39 is 16.0 Å². The zero-order chi connectivity index (χ0) is 29.6. The van der Waals surface area contributed by atoms with Crippen molar-refractivity contribution in [2.75, 3.05) is 20.1 Å². The minimum Gasteiger partial charge on any atom is -0.392 e. The Morgan fingerprint density at radius 3 is 2.34 bits per heavy atom. The predicted octanol–water partition coefficient (Wildman–Crippen LogP) is 6.74. The normalized spacial score (nSPS) is 21.0. The van der Waals surface area contributed by atoms with Crippen LogP contribution in [0.5, 0.6) is 0 Å². The SMILES string of the molecule is C=CCN(C)C[C@H]1O[C@@H](c2cccc(-c3cccc(CNC(=O)C(Cl)(Cl)Cl)c3)c2)O[C@@H](c2ccc(CO)cc2)[C@H]1C. The molecule has 4 rings (SSSR count). The van der Waals surface area contributed by atoms with Gasteiger partial charge in [-0.05, 0) is 47.0 Å². The number of alkyl halides is 3. The molecule has 0 spiro atoms. The molecular formula is C32H35Cl3N2O4. The van der Waals surface area contributed by atoms with Gasteiger partial charge in [-0.2, -0.15) is 0 Å². The van der Waals surface area contributed by atoms with E-state index in [9.17, 15) is 9.90 Å². The molecule has 4 atom stereocenters. The Kier molecular flexibility index (Phi) is 10.9. The highest BCUT2D eigenvalue weighted by molar-refractivity contribution is 6.76. The molecule has 0 aromatic heterocycles. The molecule has 0 radical (unpaired) electrons. The molecule has 0 saturated carbocycles. The van der Waals surface area contributed by atoms with Gasteiger partial charge in [-0.3, -0.25) is 4.79 Å². The Bertz CT molecular complexity index is 1330. The van der Waals surface area contributed by atoms with Crippen LogP contribution in [-0.2, 0) is 27.4 Å². The number of benzene rings is 3. The van der Waals surface area contributed by atoms with Crippen LogP contribution in [0.1, 0.15) is 41.6 Å². The van der Waals surface area contributed by atoms with E-state index >= 15 is 0 Å². The largest absolute Gasteiger partial charge is 0.392 e. The van der Waals surface area contributed by atoms with Crippen LogP contribution in [-0.4, -0.2) is 45.9 Å². The lowest BCUT2D eigenvalue weighted by Gasteiger charge is -2.42. The molecular weight excluding hydrogens is 583 g/mol. The average molecular weight is 618 g/mol. The van der Waals surface area contributed by atoms with E-state index in [-0.39, 0.29) is 31.3 Å². The Morgan fingerprint density at radius 2 is 1.68 bits per heavy atom. The molecule has 1 saturated heterocycles. The quantitative estimate of drug-likeness (QED) is 0.195. The molecule has 0 bridgehead atoms. The Hall–Kier alpha value is -2.42. The maximum absolute atomic E-state index is 12.0. The summed E-state index contributed by atoms with van der Waals surface area (Å²) in [6, 6.07) is 23.8. The minimum atomic E-state index is -2.01. The topological polar surface area (TPSA) is 71.0 Å². The van der Waals surface area contributed by atoms with Crippen molar-refractivity contribution in [3.05, 3.63) is 108 Å². The second-order valence-corrected chi connectivity index (χ2v) is 12.6. The molecule has 0 unspecified atom stereocenters. The van der Waals surface area contributed by atoms with Gasteiger partial charge < -0.3 is 24.8 Å². The number of nitrogens with zero attached hydrogens (tertiary/aromatic N) is 1. The van der Waals surface area contributed by atoms with Gasteiger partial charge in [0.1, 0.15) is 0 Å². The smallest absolute Gasteiger partial charge is 0.272 e. The van der Waals surface area contributed by atoms with Crippen LogP contribution < -0.4 is 5.32 Å². The highest BCUT2D eigenvalue weighted by atomic mass is 35.6. The lowest BCUT2D eigenvalue weighted by atomic mass is 9.90. The van der Waals surface area contributed by atoms with Crippen LogP contribution in [0.3, 0.4) is 0 Å². The van der Waals surface area contributed by atoms with Crippen LogP contribution in [0.25, 0.3) is 11.1 Å². The van der Waals surface area contributed by atoms with Crippen LogP contribution in [0.4, 0.5) is 0 Å². The first-order valence-electron chi connectivity index (χ1n) is 13.4. The van der Waals surface area contributed by atoms with E-state index in [0.717, 1.165) is 46.5 Å². The molecule has 1 heterocycles. The van der Waals surface area contributed by atoms with Gasteiger partial charge in [-0.15, -0.1) is 6.58 Å². The molecule has 3 aromatic rings. The third-order valence-electron chi connectivity index (χ3n) is 7.19. The number of halogens is 3. The number of hydrogen-bond acceptors (Lipinski definition) is 5. The predicted molar refractivity (Wildman–Crippen MR) is 165 cm³/mol. The Morgan fingerprint density at radius 1 is 1.00 bits per heavy atom. The second-order valence-electron chi connectivity index (χ2n) is 10.3. The molecule has 2 N–H and O–H groups in total. The fraction of sp³-hybridized carbons (Fsp3) is 0.344. The van der Waals surface area contributed by atoms with Crippen molar-refractivity contribution in [2.24, 2.45) is 5.92 Å². The van der Waals surface area contributed by atoms with Crippen molar-refractivity contribution >= 4 is 40.7 Å². The standard InChI is InChI=1S/C32H35Cl3N2O4/c1-4-15-37(3)19-28-21(2)29(24-13-11-22(20-38)12-14-24)41-30(40-28)27-10-6-9-26(17-27)25-8-5-7-23(16-25)18-36-31(39)32(33,34)35/h4-14,16-17,21,28-30,38H,1,15,18-20H2,2-3H3,(H,36,39)/t21-,28+,29+,30+/m0/s1. The van der Waals surface area contributed by atoms with Crippen LogP contribution in [0, 0.1) is 5.92 Å². The summed E-state index contributed by atoms with van der Waals surface area (Å²) >= 11 is 17.0. The maximum atomic E-state index is 12.0. The van der Waals surface area contributed by atoms with E-state index in [1.165, 1.54) is 0 Å². The fourth-order valence-electron chi connectivity index (χ4n) is 4.94. The summed E-state index contributed by atoms with van der Waals surface area (Å²) in [6.07, 6.45) is 1.02. The van der Waals surface area contributed by atoms with E-state index in [2.05, 4.69) is 36.8 Å². The van der Waals surface area contributed by atoms with Gasteiger partial charge in [-0.25, -0.2) is 0 Å². The number of amides is 1. The summed E-state index contributed by atoms with van der Waals surface area (Å²) in [5.74, 6) is -0.592. The first-order chi connectivity index (χ1) is 19.6. The summed E-state index contributed by atoms with van der Waals surface area (Å²) < 4.78 is 11.2. The van der Waals surface area contributed by atoms with Gasteiger partial charge >= 0.3 is 0 Å². The lowest BCUT2D eigenvalue weighted by molar-refractivity contribution is -0.275. The number of rotatable bonds is 10. The monoisotopic (exact) mass is 616 g/mol. The molecule has 9 heteroatoms. The Labute approximate surface area is 256 Å². The van der Waals surface area contributed by atoms with Crippen molar-refractivity contribution in [1.82, 2.24) is 10.2 Å². The number of aliphatic hydroxyl groups excluding tert-OH is 1. The summed E-state index contributed by atoms with van der Waals surface area (Å²) in [6.45, 7) is 7.71. The molecule has 1 fully saturated rings. The summed E-state index contributed by atoms with van der Waals surface area (Å²) in [5, 5.41) is 12.1. The molecule has 1 amide bonds. The highest BCUT2D eigenvalue weighted by Gasteiger charge is 2.38. The second kappa shape index (κ2) is 14.2. The number of hydrogen-bond donors (Lipinski definition) is 2. The summed E-state index contributed by atoms with van der Waals surface area (Å²) in [4.78, 5) is 14.2. The molecule has 6 nitrogen and oxygen atoms in total. The molecule has 1 aliphatic rings. The van der Waals surface area contributed by atoms with Crippen molar-refractivity contribution in [1.29, 1.82) is 0 Å². The van der Waals surface area contributed by atoms with Crippen molar-refractivity contribution < 1.29 is 19.4 Å². The number of carbonyl (C=O) groups is 1. The van der Waals surface area contributed by atoms with Crippen LogP contribution in [0.15, 0.2) is 85.5 Å². The van der Waals surface area contributed by atoms with E-state index in [1.54, 1.807) is 0 Å². The fourth-order valence-corrected chi connectivity index (χ4v) is 5.14. The van der Waals surface area contributed by atoms with Gasteiger partial charge in [0.15, 0.2) is 6.29 Å². The first kappa shape index (κ1) is 31.5. The molecule has 0 aliphatic carbocycles. The van der Waals surface area contributed by atoms with Crippen LogP contribution in [0.2, 0.25) is 0 Å². The third-order valence-corrected chi connectivity index (χ3v) is 7.70. The van der Waals surface area contributed by atoms with Gasteiger partial charge in [0, 0.05) is 31.1 Å². The number of carbonyl (C=O) groups excluding carboxylic acids is 1. The van der Waals surface area contributed by atoms with Crippen LogP contribution >= 0.6 is 34.8 Å². The summed E-state index contributed by atoms with van der Waals surface area (Å²) in [5.41, 5.74) is 5.61. The highest BCUT2D eigenvalue weighted by Crippen LogP contribution is 2.42.